The van der Waals surface area contributed by atoms with Crippen LogP contribution in [0.1, 0.15) is 18.4 Å². The molecule has 1 aromatic rings. The molecule has 6 heteroatoms. The van der Waals surface area contributed by atoms with Crippen molar-refractivity contribution < 1.29 is 14.7 Å². The van der Waals surface area contributed by atoms with Gasteiger partial charge in [0, 0.05) is 10.7 Å². The summed E-state index contributed by atoms with van der Waals surface area (Å²) in [7, 11) is 0. The van der Waals surface area contributed by atoms with E-state index in [4.69, 9.17) is 11.6 Å². The van der Waals surface area contributed by atoms with E-state index in [-0.39, 0.29) is 12.6 Å². The van der Waals surface area contributed by atoms with E-state index in [0.717, 1.165) is 5.56 Å². The van der Waals surface area contributed by atoms with Crippen LogP contribution in [0.25, 0.3) is 0 Å². The molecule has 0 atom stereocenters. The normalized spacial score (nSPS) is 15.2. The number of carboxylic acid groups (broad SMARTS) is 1. The monoisotopic (exact) mass is 294 g/mol. The van der Waals surface area contributed by atoms with Crippen LogP contribution in [0.3, 0.4) is 0 Å². The molecule has 0 aromatic heterocycles. The quantitative estimate of drug-likeness (QED) is 0.781. The van der Waals surface area contributed by atoms with E-state index < -0.39 is 11.4 Å². The molecule has 106 valence electrons. The van der Waals surface area contributed by atoms with Crippen LogP contribution in [0.4, 0.5) is 10.5 Å². The van der Waals surface area contributed by atoms with Crippen molar-refractivity contribution in [1.29, 1.82) is 0 Å². The van der Waals surface area contributed by atoms with Crippen LogP contribution in [0.15, 0.2) is 35.9 Å². The summed E-state index contributed by atoms with van der Waals surface area (Å²) in [6.45, 7) is 3.65. The molecule has 5 nitrogen and oxygen atoms in total. The summed E-state index contributed by atoms with van der Waals surface area (Å²) in [4.78, 5) is 22.7. The maximum Gasteiger partial charge on any atom is 0.319 e. The average Bonchev–Trinajstić information content (AvgIpc) is 3.19. The van der Waals surface area contributed by atoms with Gasteiger partial charge in [-0.1, -0.05) is 30.3 Å². The Morgan fingerprint density at radius 2 is 1.90 bits per heavy atom. The Morgan fingerprint density at radius 3 is 2.35 bits per heavy atom. The van der Waals surface area contributed by atoms with Gasteiger partial charge in [0.1, 0.15) is 0 Å². The molecule has 3 N–H and O–H groups in total. The minimum atomic E-state index is -0.795. The first-order valence-corrected chi connectivity index (χ1v) is 6.54. The minimum Gasteiger partial charge on any atom is -0.481 e. The second kappa shape index (κ2) is 5.54. The predicted octanol–water partition coefficient (Wildman–Crippen LogP) is 2.68. The van der Waals surface area contributed by atoms with E-state index >= 15 is 0 Å². The third-order valence-corrected chi connectivity index (χ3v) is 3.43. The molecular formula is C14H15ClN2O3. The topological polar surface area (TPSA) is 78.4 Å². The van der Waals surface area contributed by atoms with Gasteiger partial charge in [-0.25, -0.2) is 4.79 Å². The van der Waals surface area contributed by atoms with E-state index in [1.54, 1.807) is 24.3 Å². The molecule has 20 heavy (non-hydrogen) atoms. The van der Waals surface area contributed by atoms with Gasteiger partial charge in [-0.05, 0) is 30.5 Å². The molecule has 0 spiro atoms. The molecule has 1 aliphatic rings. The standard InChI is InChI=1S/C14H15ClN2O3/c1-9(15)8-16-13(20)17-11-4-2-10(3-5-11)14(6-7-14)12(18)19/h2-5H,1,6-8H2,(H,18,19)(H2,16,17,20). The summed E-state index contributed by atoms with van der Waals surface area (Å²) in [5, 5.41) is 14.7. The summed E-state index contributed by atoms with van der Waals surface area (Å²) in [5.74, 6) is -0.795. The maximum absolute atomic E-state index is 11.5. The van der Waals surface area contributed by atoms with Crippen LogP contribution in [0.2, 0.25) is 0 Å². The Bertz CT molecular complexity index is 550. The van der Waals surface area contributed by atoms with Gasteiger partial charge in [-0.15, -0.1) is 0 Å². The molecule has 1 saturated carbocycles. The highest BCUT2D eigenvalue weighted by atomic mass is 35.5. The Hall–Kier alpha value is -2.01. The van der Waals surface area contributed by atoms with Crippen molar-refractivity contribution in [1.82, 2.24) is 5.32 Å². The summed E-state index contributed by atoms with van der Waals surface area (Å²) >= 11 is 5.54. The molecule has 1 aliphatic carbocycles. The zero-order chi connectivity index (χ0) is 14.8. The highest BCUT2D eigenvalue weighted by Gasteiger charge is 2.51. The smallest absolute Gasteiger partial charge is 0.319 e. The minimum absolute atomic E-state index is 0.188. The van der Waals surface area contributed by atoms with Crippen LogP contribution in [0, 0.1) is 0 Å². The molecule has 0 bridgehead atoms. The number of anilines is 1. The lowest BCUT2D eigenvalue weighted by Crippen LogP contribution is -2.29. The van der Waals surface area contributed by atoms with Crippen molar-refractivity contribution in [2.45, 2.75) is 18.3 Å². The fourth-order valence-electron chi connectivity index (χ4n) is 1.98. The van der Waals surface area contributed by atoms with Crippen LogP contribution in [0.5, 0.6) is 0 Å². The Labute approximate surface area is 121 Å². The number of halogens is 1. The molecule has 0 aliphatic heterocycles. The van der Waals surface area contributed by atoms with Gasteiger partial charge in [0.25, 0.3) is 0 Å². The van der Waals surface area contributed by atoms with Crippen molar-refractivity contribution >= 4 is 29.3 Å². The first-order chi connectivity index (χ1) is 9.44. The number of amides is 2. The van der Waals surface area contributed by atoms with E-state index in [1.807, 2.05) is 0 Å². The van der Waals surface area contributed by atoms with Crippen molar-refractivity contribution in [3.8, 4) is 0 Å². The van der Waals surface area contributed by atoms with Crippen LogP contribution >= 0.6 is 11.6 Å². The number of carbonyl (C=O) groups is 2. The van der Waals surface area contributed by atoms with Gasteiger partial charge in [0.15, 0.2) is 0 Å². The zero-order valence-corrected chi connectivity index (χ0v) is 11.5. The van der Waals surface area contributed by atoms with Gasteiger partial charge < -0.3 is 15.7 Å². The molecule has 0 saturated heterocycles. The Morgan fingerprint density at radius 1 is 1.30 bits per heavy atom. The second-order valence-corrected chi connectivity index (χ2v) is 5.32. The molecule has 0 unspecified atom stereocenters. The molecular weight excluding hydrogens is 280 g/mol. The highest BCUT2D eigenvalue weighted by Crippen LogP contribution is 2.48. The number of aliphatic carboxylic acids is 1. The van der Waals surface area contributed by atoms with Gasteiger partial charge >= 0.3 is 12.0 Å². The number of nitrogens with one attached hydrogen (secondary N) is 2. The van der Waals surface area contributed by atoms with Crippen LogP contribution in [-0.2, 0) is 10.2 Å². The fraction of sp³-hybridized carbons (Fsp3) is 0.286. The summed E-state index contributed by atoms with van der Waals surface area (Å²) < 4.78 is 0. The number of hydrogen-bond acceptors (Lipinski definition) is 2. The number of urea groups is 1. The molecule has 0 heterocycles. The van der Waals surface area contributed by atoms with Gasteiger partial charge in [0.05, 0.1) is 12.0 Å². The first-order valence-electron chi connectivity index (χ1n) is 6.16. The number of carbonyl (C=O) groups excluding carboxylic acids is 1. The summed E-state index contributed by atoms with van der Waals surface area (Å²) in [5.41, 5.74) is 0.634. The lowest BCUT2D eigenvalue weighted by atomic mass is 9.96. The van der Waals surface area contributed by atoms with Crippen molar-refractivity contribution in [2.75, 3.05) is 11.9 Å². The lowest BCUT2D eigenvalue weighted by Gasteiger charge is -2.11. The van der Waals surface area contributed by atoms with E-state index in [2.05, 4.69) is 17.2 Å². The largest absolute Gasteiger partial charge is 0.481 e. The third-order valence-electron chi connectivity index (χ3n) is 3.30. The molecule has 1 aromatic carbocycles. The van der Waals surface area contributed by atoms with Crippen molar-refractivity contribution in [2.24, 2.45) is 0 Å². The third kappa shape index (κ3) is 3.11. The average molecular weight is 295 g/mol. The predicted molar refractivity (Wildman–Crippen MR) is 77.0 cm³/mol. The first kappa shape index (κ1) is 14.4. The Balaban J connectivity index is 1.97. The SMILES string of the molecule is C=C(Cl)CNC(=O)Nc1ccc(C2(C(=O)O)CC2)cc1. The molecule has 2 rings (SSSR count). The van der Waals surface area contributed by atoms with Crippen molar-refractivity contribution in [3.63, 3.8) is 0 Å². The van der Waals surface area contributed by atoms with Gasteiger partial charge in [0.2, 0.25) is 0 Å². The second-order valence-electron chi connectivity index (χ2n) is 4.79. The number of rotatable bonds is 5. The van der Waals surface area contributed by atoms with E-state index in [9.17, 15) is 14.7 Å². The fourth-order valence-corrected chi connectivity index (χ4v) is 2.04. The lowest BCUT2D eigenvalue weighted by molar-refractivity contribution is -0.140. The highest BCUT2D eigenvalue weighted by molar-refractivity contribution is 6.29. The molecule has 0 radical (unpaired) electrons. The van der Waals surface area contributed by atoms with E-state index in [0.29, 0.717) is 23.6 Å². The van der Waals surface area contributed by atoms with E-state index in [1.165, 1.54) is 0 Å². The maximum atomic E-state index is 11.5. The number of hydrogen-bond donors (Lipinski definition) is 3. The van der Waals surface area contributed by atoms with Gasteiger partial charge in [-0.2, -0.15) is 0 Å². The van der Waals surface area contributed by atoms with Gasteiger partial charge in [-0.3, -0.25) is 4.79 Å². The number of benzene rings is 1. The summed E-state index contributed by atoms with van der Waals surface area (Å²) in [6, 6.07) is 6.45. The van der Waals surface area contributed by atoms with Crippen LogP contribution < -0.4 is 10.6 Å². The van der Waals surface area contributed by atoms with Crippen LogP contribution in [-0.4, -0.2) is 23.7 Å². The molecule has 2 amide bonds. The molecule has 1 fully saturated rings. The number of carboxylic acids is 1. The van der Waals surface area contributed by atoms with Crippen molar-refractivity contribution in [3.05, 3.63) is 41.4 Å². The zero-order valence-electron chi connectivity index (χ0n) is 10.8. The Kier molecular flexibility index (Phi) is 3.99. The summed E-state index contributed by atoms with van der Waals surface area (Å²) in [6.07, 6.45) is 1.32.